The predicted octanol–water partition coefficient (Wildman–Crippen LogP) is 2.60. The Morgan fingerprint density at radius 2 is 2.05 bits per heavy atom. The van der Waals surface area contributed by atoms with E-state index in [1.165, 1.54) is 24.5 Å². The largest absolute Gasteiger partial charge is 0.399 e. The molecule has 0 saturated carbocycles. The smallest absolute Gasteiger partial charge is 0.246 e. The molecule has 2 aromatic rings. The van der Waals surface area contributed by atoms with Gasteiger partial charge in [0.15, 0.2) is 0 Å². The number of anilines is 1. The highest BCUT2D eigenvalue weighted by Crippen LogP contribution is 2.24. The van der Waals surface area contributed by atoms with Gasteiger partial charge in [0.1, 0.15) is 10.7 Å². The van der Waals surface area contributed by atoms with Gasteiger partial charge in [0.2, 0.25) is 10.0 Å². The van der Waals surface area contributed by atoms with Crippen LogP contribution >= 0.6 is 11.3 Å². The van der Waals surface area contributed by atoms with Gasteiger partial charge in [-0.25, -0.2) is 12.8 Å². The fourth-order valence-corrected chi connectivity index (χ4v) is 4.01. The Labute approximate surface area is 121 Å². The van der Waals surface area contributed by atoms with Gasteiger partial charge in [-0.05, 0) is 42.1 Å². The Bertz CT molecular complexity index is 726. The van der Waals surface area contributed by atoms with Gasteiger partial charge in [-0.3, -0.25) is 0 Å². The average molecular weight is 314 g/mol. The predicted molar refractivity (Wildman–Crippen MR) is 78.5 cm³/mol. The summed E-state index contributed by atoms with van der Waals surface area (Å²) in [6, 6.07) is 5.45. The first-order chi connectivity index (χ1) is 9.32. The summed E-state index contributed by atoms with van der Waals surface area (Å²) in [7, 11) is -2.47. The number of sulfonamides is 1. The van der Waals surface area contributed by atoms with Gasteiger partial charge in [-0.15, -0.1) is 11.3 Å². The molecule has 0 unspecified atom stereocenters. The Hall–Kier alpha value is -1.44. The number of thiophene rings is 1. The van der Waals surface area contributed by atoms with Crippen LogP contribution < -0.4 is 5.73 Å². The number of nitrogen functional groups attached to an aromatic ring is 1. The number of halogens is 1. The van der Waals surface area contributed by atoms with Crippen molar-refractivity contribution >= 4 is 27.0 Å². The fraction of sp³-hybridized carbons (Fsp3) is 0.231. The van der Waals surface area contributed by atoms with Crippen LogP contribution in [0.5, 0.6) is 0 Å². The molecule has 0 amide bonds. The maximum Gasteiger partial charge on any atom is 0.246 e. The highest BCUT2D eigenvalue weighted by atomic mass is 32.2. The average Bonchev–Trinajstić information content (AvgIpc) is 2.78. The lowest BCUT2D eigenvalue weighted by Gasteiger charge is -2.17. The molecule has 0 aliphatic rings. The van der Waals surface area contributed by atoms with Gasteiger partial charge in [0, 0.05) is 24.2 Å². The van der Waals surface area contributed by atoms with E-state index in [1.807, 2.05) is 18.4 Å². The summed E-state index contributed by atoms with van der Waals surface area (Å²) >= 11 is 1.47. The number of hydrogen-bond acceptors (Lipinski definition) is 4. The molecule has 1 aromatic heterocycles. The Kier molecular flexibility index (Phi) is 4.12. The molecule has 0 aliphatic heterocycles. The second-order valence-electron chi connectivity index (χ2n) is 4.48. The van der Waals surface area contributed by atoms with E-state index in [0.717, 1.165) is 26.9 Å². The molecular formula is C13H15FN2O2S2. The van der Waals surface area contributed by atoms with Crippen molar-refractivity contribution < 1.29 is 12.8 Å². The standard InChI is InChI=1S/C13H15FN2O2S2/c1-9-5-6-19-12(9)8-16(2)20(17,18)13-7-10(15)3-4-11(13)14/h3-7H,8,15H2,1-2H3. The minimum atomic E-state index is -3.90. The van der Waals surface area contributed by atoms with Crippen LogP contribution in [0.2, 0.25) is 0 Å². The molecule has 0 aliphatic carbocycles. The Morgan fingerprint density at radius 3 is 2.65 bits per heavy atom. The van der Waals surface area contributed by atoms with E-state index in [2.05, 4.69) is 0 Å². The molecule has 0 radical (unpaired) electrons. The number of aryl methyl sites for hydroxylation is 1. The van der Waals surface area contributed by atoms with Crippen molar-refractivity contribution in [2.75, 3.05) is 12.8 Å². The van der Waals surface area contributed by atoms with Crippen molar-refractivity contribution in [2.45, 2.75) is 18.4 Å². The van der Waals surface area contributed by atoms with Crippen LogP contribution in [0.4, 0.5) is 10.1 Å². The quantitative estimate of drug-likeness (QED) is 0.882. The molecule has 0 saturated heterocycles. The molecule has 0 atom stereocenters. The van der Waals surface area contributed by atoms with Gasteiger partial charge in [-0.1, -0.05) is 0 Å². The van der Waals surface area contributed by atoms with Crippen LogP contribution in [0.25, 0.3) is 0 Å². The molecule has 4 nitrogen and oxygen atoms in total. The Morgan fingerprint density at radius 1 is 1.35 bits per heavy atom. The summed E-state index contributed by atoms with van der Waals surface area (Å²) in [6.45, 7) is 2.12. The van der Waals surface area contributed by atoms with Crippen molar-refractivity contribution in [2.24, 2.45) is 0 Å². The summed E-state index contributed by atoms with van der Waals surface area (Å²) < 4.78 is 39.6. The molecule has 7 heteroatoms. The van der Waals surface area contributed by atoms with Crippen molar-refractivity contribution in [1.29, 1.82) is 0 Å². The van der Waals surface area contributed by atoms with Gasteiger partial charge < -0.3 is 5.73 Å². The number of rotatable bonds is 4. The van der Waals surface area contributed by atoms with Crippen LogP contribution in [-0.2, 0) is 16.6 Å². The third-order valence-electron chi connectivity index (χ3n) is 2.98. The van der Waals surface area contributed by atoms with Crippen molar-refractivity contribution in [3.63, 3.8) is 0 Å². The van der Waals surface area contributed by atoms with Crippen LogP contribution in [0.3, 0.4) is 0 Å². The fourth-order valence-electron chi connectivity index (χ4n) is 1.74. The number of nitrogens with zero attached hydrogens (tertiary/aromatic N) is 1. The van der Waals surface area contributed by atoms with Crippen LogP contribution in [0.1, 0.15) is 10.4 Å². The molecule has 2 rings (SSSR count). The lowest BCUT2D eigenvalue weighted by Crippen LogP contribution is -2.27. The molecule has 108 valence electrons. The van der Waals surface area contributed by atoms with Crippen LogP contribution in [0, 0.1) is 12.7 Å². The van der Waals surface area contributed by atoms with Gasteiger partial charge in [0.05, 0.1) is 0 Å². The first-order valence-corrected chi connectivity index (χ1v) is 8.18. The van der Waals surface area contributed by atoms with Crippen molar-refractivity contribution in [1.82, 2.24) is 4.31 Å². The van der Waals surface area contributed by atoms with E-state index in [9.17, 15) is 12.8 Å². The molecule has 2 N–H and O–H groups in total. The minimum absolute atomic E-state index is 0.208. The number of nitrogens with two attached hydrogens (primary N) is 1. The lowest BCUT2D eigenvalue weighted by molar-refractivity contribution is 0.462. The zero-order valence-corrected chi connectivity index (χ0v) is 12.8. The highest BCUT2D eigenvalue weighted by Gasteiger charge is 2.25. The summed E-state index contributed by atoms with van der Waals surface area (Å²) in [5.41, 5.74) is 6.77. The van der Waals surface area contributed by atoms with E-state index in [-0.39, 0.29) is 12.2 Å². The minimum Gasteiger partial charge on any atom is -0.399 e. The number of benzene rings is 1. The Balaban J connectivity index is 2.35. The topological polar surface area (TPSA) is 63.4 Å². The monoisotopic (exact) mass is 314 g/mol. The van der Waals surface area contributed by atoms with Crippen LogP contribution in [-0.4, -0.2) is 19.8 Å². The first-order valence-electron chi connectivity index (χ1n) is 5.86. The van der Waals surface area contributed by atoms with E-state index in [1.54, 1.807) is 0 Å². The summed E-state index contributed by atoms with van der Waals surface area (Å²) in [5, 5.41) is 1.90. The van der Waals surface area contributed by atoms with Crippen molar-refractivity contribution in [3.05, 3.63) is 45.9 Å². The van der Waals surface area contributed by atoms with Gasteiger partial charge in [0.25, 0.3) is 0 Å². The lowest BCUT2D eigenvalue weighted by atomic mass is 10.3. The van der Waals surface area contributed by atoms with E-state index >= 15 is 0 Å². The number of hydrogen-bond donors (Lipinski definition) is 1. The molecule has 0 bridgehead atoms. The normalized spacial score (nSPS) is 12.0. The summed E-state index contributed by atoms with van der Waals surface area (Å²) in [6.07, 6.45) is 0. The zero-order valence-electron chi connectivity index (χ0n) is 11.1. The second kappa shape index (κ2) is 5.51. The molecule has 1 heterocycles. The maximum absolute atomic E-state index is 13.7. The third kappa shape index (κ3) is 2.84. The molecule has 0 spiro atoms. The van der Waals surface area contributed by atoms with Crippen LogP contribution in [0.15, 0.2) is 34.5 Å². The first kappa shape index (κ1) is 15.0. The molecule has 0 fully saturated rings. The molecule has 1 aromatic carbocycles. The van der Waals surface area contributed by atoms with Gasteiger partial charge >= 0.3 is 0 Å². The van der Waals surface area contributed by atoms with Gasteiger partial charge in [-0.2, -0.15) is 4.31 Å². The second-order valence-corrected chi connectivity index (χ2v) is 7.49. The van der Waals surface area contributed by atoms with Crippen molar-refractivity contribution in [3.8, 4) is 0 Å². The van der Waals surface area contributed by atoms with E-state index in [0.29, 0.717) is 0 Å². The molecule has 20 heavy (non-hydrogen) atoms. The molecular weight excluding hydrogens is 299 g/mol. The SMILES string of the molecule is Cc1ccsc1CN(C)S(=O)(=O)c1cc(N)ccc1F. The highest BCUT2D eigenvalue weighted by molar-refractivity contribution is 7.89. The van der Waals surface area contributed by atoms with E-state index < -0.39 is 20.7 Å². The van der Waals surface area contributed by atoms with E-state index in [4.69, 9.17) is 5.73 Å². The zero-order chi connectivity index (χ0) is 14.9. The third-order valence-corrected chi connectivity index (χ3v) is 5.80. The maximum atomic E-state index is 13.7. The summed E-state index contributed by atoms with van der Waals surface area (Å²) in [5.74, 6) is -0.797. The summed E-state index contributed by atoms with van der Waals surface area (Å²) in [4.78, 5) is 0.537.